The van der Waals surface area contributed by atoms with Crippen molar-refractivity contribution in [3.05, 3.63) is 99.0 Å². The van der Waals surface area contributed by atoms with Crippen LogP contribution >= 0.6 is 23.2 Å². The predicted octanol–water partition coefficient (Wildman–Crippen LogP) is 7.11. The van der Waals surface area contributed by atoms with E-state index in [1.54, 1.807) is 18.2 Å². The van der Waals surface area contributed by atoms with Gasteiger partial charge in [0.05, 0.1) is 5.92 Å². The van der Waals surface area contributed by atoms with Crippen molar-refractivity contribution in [2.45, 2.75) is 25.7 Å². The summed E-state index contributed by atoms with van der Waals surface area (Å²) >= 11 is 12.3. The normalized spacial score (nSPS) is 23.8. The van der Waals surface area contributed by atoms with Crippen molar-refractivity contribution < 1.29 is 4.79 Å². The van der Waals surface area contributed by atoms with Gasteiger partial charge in [0.1, 0.15) is 0 Å². The number of halogens is 2. The Bertz CT molecular complexity index is 1070. The van der Waals surface area contributed by atoms with E-state index in [-0.39, 0.29) is 29.6 Å². The van der Waals surface area contributed by atoms with Crippen LogP contribution in [-0.4, -0.2) is 5.91 Å². The average molecular weight is 436 g/mol. The molecule has 0 heterocycles. The van der Waals surface area contributed by atoms with Crippen LogP contribution in [0.1, 0.15) is 47.9 Å². The van der Waals surface area contributed by atoms with Gasteiger partial charge in [-0.1, -0.05) is 85.6 Å². The molecule has 0 saturated heterocycles. The zero-order valence-electron chi connectivity index (χ0n) is 16.9. The van der Waals surface area contributed by atoms with Crippen molar-refractivity contribution in [2.24, 2.45) is 17.8 Å². The summed E-state index contributed by atoms with van der Waals surface area (Å²) in [5.41, 5.74) is 5.94. The highest BCUT2D eigenvalue weighted by atomic mass is 35.5. The third-order valence-electron chi connectivity index (χ3n) is 6.69. The van der Waals surface area contributed by atoms with E-state index in [4.69, 9.17) is 23.2 Å². The molecule has 4 heteroatoms. The quantitative estimate of drug-likeness (QED) is 0.466. The summed E-state index contributed by atoms with van der Waals surface area (Å²) in [5, 5.41) is 4.14. The second kappa shape index (κ2) is 7.44. The van der Waals surface area contributed by atoms with Gasteiger partial charge in [0.2, 0.25) is 5.91 Å². The lowest BCUT2D eigenvalue weighted by molar-refractivity contribution is -0.123. The van der Waals surface area contributed by atoms with Gasteiger partial charge in [0.25, 0.3) is 0 Å². The standard InChI is InChI=1S/C26H23Cl2NO/c1-14(2)22-23-18-7-3-5-9-20(18)24(21-10-6-4-8-19(21)23)25(22)26(30)29-17-12-15(27)11-16(28)13-17/h3-14,22-25H,1-2H3,(H,29,30)/t22-,23?,24?,25+/m0/s1. The first-order chi connectivity index (χ1) is 14.5. The Balaban J connectivity index is 1.63. The van der Waals surface area contributed by atoms with Gasteiger partial charge in [-0.25, -0.2) is 0 Å². The van der Waals surface area contributed by atoms with Crippen molar-refractivity contribution in [1.29, 1.82) is 0 Å². The molecule has 1 N–H and O–H groups in total. The average Bonchev–Trinajstić information content (AvgIpc) is 2.72. The highest BCUT2D eigenvalue weighted by molar-refractivity contribution is 6.35. The van der Waals surface area contributed by atoms with Crippen molar-refractivity contribution in [2.75, 3.05) is 5.32 Å². The summed E-state index contributed by atoms with van der Waals surface area (Å²) in [5.74, 6) is 0.724. The molecule has 0 radical (unpaired) electrons. The van der Waals surface area contributed by atoms with Crippen LogP contribution < -0.4 is 5.32 Å². The Labute approximate surface area is 187 Å². The van der Waals surface area contributed by atoms with Crippen molar-refractivity contribution in [3.63, 3.8) is 0 Å². The van der Waals surface area contributed by atoms with Gasteiger partial charge in [-0.15, -0.1) is 0 Å². The smallest absolute Gasteiger partial charge is 0.228 e. The van der Waals surface area contributed by atoms with Gasteiger partial charge < -0.3 is 5.32 Å². The molecule has 152 valence electrons. The van der Waals surface area contributed by atoms with E-state index in [0.29, 0.717) is 21.7 Å². The highest BCUT2D eigenvalue weighted by Gasteiger charge is 2.53. The van der Waals surface area contributed by atoms with Crippen LogP contribution in [0.2, 0.25) is 10.0 Å². The minimum absolute atomic E-state index is 0.0334. The number of fused-ring (bicyclic) bond motifs is 1. The first-order valence-electron chi connectivity index (χ1n) is 10.4. The number of rotatable bonds is 3. The van der Waals surface area contributed by atoms with E-state index in [1.165, 1.54) is 22.3 Å². The van der Waals surface area contributed by atoms with E-state index in [9.17, 15) is 4.79 Å². The molecule has 6 rings (SSSR count). The van der Waals surface area contributed by atoms with Crippen LogP contribution in [0.15, 0.2) is 66.7 Å². The van der Waals surface area contributed by atoms with E-state index in [0.717, 1.165) is 0 Å². The fourth-order valence-electron chi connectivity index (χ4n) is 5.70. The molecule has 0 unspecified atom stereocenters. The monoisotopic (exact) mass is 435 g/mol. The van der Waals surface area contributed by atoms with Gasteiger partial charge in [0.15, 0.2) is 0 Å². The third kappa shape index (κ3) is 3.05. The maximum absolute atomic E-state index is 13.7. The maximum atomic E-state index is 13.7. The lowest BCUT2D eigenvalue weighted by Gasteiger charge is -2.51. The predicted molar refractivity (Wildman–Crippen MR) is 123 cm³/mol. The lowest BCUT2D eigenvalue weighted by atomic mass is 9.52. The van der Waals surface area contributed by atoms with E-state index < -0.39 is 0 Å². The van der Waals surface area contributed by atoms with Crippen LogP contribution in [0.25, 0.3) is 0 Å². The Morgan fingerprint density at radius 2 is 1.27 bits per heavy atom. The van der Waals surface area contributed by atoms with Crippen LogP contribution in [0.4, 0.5) is 5.69 Å². The zero-order valence-corrected chi connectivity index (χ0v) is 18.4. The van der Waals surface area contributed by atoms with E-state index in [1.807, 2.05) is 0 Å². The summed E-state index contributed by atoms with van der Waals surface area (Å²) in [4.78, 5) is 13.7. The fraction of sp³-hybridized carbons (Fsp3) is 0.269. The molecule has 2 atom stereocenters. The summed E-state index contributed by atoms with van der Waals surface area (Å²) in [7, 11) is 0. The van der Waals surface area contributed by atoms with E-state index in [2.05, 4.69) is 67.7 Å². The Hall–Kier alpha value is -2.29. The number of anilines is 1. The summed E-state index contributed by atoms with van der Waals surface area (Å²) in [6.45, 7) is 4.46. The summed E-state index contributed by atoms with van der Waals surface area (Å²) in [6.07, 6.45) is 0. The minimum Gasteiger partial charge on any atom is -0.326 e. The molecule has 3 aromatic rings. The molecule has 0 saturated carbocycles. The number of benzene rings is 3. The van der Waals surface area contributed by atoms with Crippen molar-refractivity contribution in [3.8, 4) is 0 Å². The number of nitrogens with one attached hydrogen (secondary N) is 1. The summed E-state index contributed by atoms with van der Waals surface area (Å²) in [6, 6.07) is 22.4. The largest absolute Gasteiger partial charge is 0.326 e. The van der Waals surface area contributed by atoms with Crippen LogP contribution in [0, 0.1) is 17.8 Å². The molecule has 1 amide bonds. The first-order valence-corrected chi connectivity index (χ1v) is 11.2. The van der Waals surface area contributed by atoms with Crippen LogP contribution in [0.5, 0.6) is 0 Å². The Kier molecular flexibility index (Phi) is 4.88. The molecule has 2 nitrogen and oxygen atoms in total. The molecule has 30 heavy (non-hydrogen) atoms. The number of amides is 1. The van der Waals surface area contributed by atoms with Crippen LogP contribution in [0.3, 0.4) is 0 Å². The van der Waals surface area contributed by atoms with Gasteiger partial charge in [-0.3, -0.25) is 4.79 Å². The second-order valence-corrected chi connectivity index (χ2v) is 9.58. The molecule has 0 fully saturated rings. The molecule has 0 aliphatic heterocycles. The third-order valence-corrected chi connectivity index (χ3v) is 7.13. The number of carbonyl (C=O) groups is 1. The highest BCUT2D eigenvalue weighted by Crippen LogP contribution is 2.60. The fourth-order valence-corrected chi connectivity index (χ4v) is 6.22. The Morgan fingerprint density at radius 1 is 0.800 bits per heavy atom. The van der Waals surface area contributed by atoms with Gasteiger partial charge in [-0.05, 0) is 52.3 Å². The topological polar surface area (TPSA) is 29.1 Å². The molecule has 0 spiro atoms. The van der Waals surface area contributed by atoms with E-state index >= 15 is 0 Å². The molecular weight excluding hydrogens is 413 g/mol. The molecular formula is C26H23Cl2NO. The minimum atomic E-state index is -0.155. The SMILES string of the molecule is CC(C)[C@H]1C2c3ccccc3C(c3ccccc32)[C@@H]1C(=O)Nc1cc(Cl)cc(Cl)c1. The van der Waals surface area contributed by atoms with Crippen molar-refractivity contribution >= 4 is 34.8 Å². The number of hydrogen-bond donors (Lipinski definition) is 1. The first kappa shape index (κ1) is 19.7. The molecule has 3 aliphatic rings. The maximum Gasteiger partial charge on any atom is 0.228 e. The molecule has 0 aromatic heterocycles. The lowest BCUT2D eigenvalue weighted by Crippen LogP contribution is -2.47. The zero-order chi connectivity index (χ0) is 21.0. The molecule has 3 aliphatic carbocycles. The van der Waals surface area contributed by atoms with Gasteiger partial charge in [0, 0.05) is 27.6 Å². The van der Waals surface area contributed by atoms with Gasteiger partial charge >= 0.3 is 0 Å². The molecule has 2 bridgehead atoms. The Morgan fingerprint density at radius 3 is 1.73 bits per heavy atom. The second-order valence-electron chi connectivity index (χ2n) is 8.71. The number of hydrogen-bond acceptors (Lipinski definition) is 1. The van der Waals surface area contributed by atoms with Crippen LogP contribution in [-0.2, 0) is 4.79 Å². The van der Waals surface area contributed by atoms with Gasteiger partial charge in [-0.2, -0.15) is 0 Å². The van der Waals surface area contributed by atoms with Crippen molar-refractivity contribution in [1.82, 2.24) is 0 Å². The summed E-state index contributed by atoms with van der Waals surface area (Å²) < 4.78 is 0. The number of carbonyl (C=O) groups excluding carboxylic acids is 1. The molecule has 3 aromatic carbocycles.